The molecule has 0 atom stereocenters. The van der Waals surface area contributed by atoms with Gasteiger partial charge in [-0.05, 0) is 42.7 Å². The lowest BCUT2D eigenvalue weighted by Crippen LogP contribution is -2.34. The SMILES string of the molecule is CC(C)(CCO)CNC(=O)c1cc2c(s1)CCC2. The van der Waals surface area contributed by atoms with E-state index in [-0.39, 0.29) is 17.9 Å². The van der Waals surface area contributed by atoms with E-state index in [2.05, 4.69) is 19.2 Å². The van der Waals surface area contributed by atoms with E-state index in [9.17, 15) is 4.79 Å². The Hall–Kier alpha value is -0.870. The predicted molar refractivity (Wildman–Crippen MR) is 74.2 cm³/mol. The molecular weight excluding hydrogens is 246 g/mol. The van der Waals surface area contributed by atoms with Crippen molar-refractivity contribution in [1.82, 2.24) is 5.32 Å². The molecule has 0 spiro atoms. The van der Waals surface area contributed by atoms with Crippen molar-refractivity contribution in [2.24, 2.45) is 5.41 Å². The zero-order chi connectivity index (χ0) is 13.2. The highest BCUT2D eigenvalue weighted by Gasteiger charge is 2.21. The monoisotopic (exact) mass is 267 g/mol. The third-order valence-corrected chi connectivity index (χ3v) is 4.72. The molecule has 1 aliphatic rings. The number of thiophene rings is 1. The number of aliphatic hydroxyl groups is 1. The van der Waals surface area contributed by atoms with E-state index < -0.39 is 0 Å². The van der Waals surface area contributed by atoms with Crippen LogP contribution in [-0.4, -0.2) is 24.2 Å². The summed E-state index contributed by atoms with van der Waals surface area (Å²) in [4.78, 5) is 14.3. The number of rotatable bonds is 5. The summed E-state index contributed by atoms with van der Waals surface area (Å²) in [6.45, 7) is 4.88. The maximum atomic E-state index is 12.0. The quantitative estimate of drug-likeness (QED) is 0.860. The Labute approximate surface area is 112 Å². The van der Waals surface area contributed by atoms with Gasteiger partial charge in [0.1, 0.15) is 0 Å². The summed E-state index contributed by atoms with van der Waals surface area (Å²) >= 11 is 1.63. The zero-order valence-corrected chi connectivity index (χ0v) is 11.9. The summed E-state index contributed by atoms with van der Waals surface area (Å²) in [6.07, 6.45) is 4.18. The van der Waals surface area contributed by atoms with E-state index in [1.165, 1.54) is 16.9 Å². The van der Waals surface area contributed by atoms with Gasteiger partial charge < -0.3 is 10.4 Å². The van der Waals surface area contributed by atoms with Gasteiger partial charge >= 0.3 is 0 Å². The molecule has 1 aromatic rings. The van der Waals surface area contributed by atoms with Gasteiger partial charge in [-0.15, -0.1) is 11.3 Å². The molecule has 3 nitrogen and oxygen atoms in total. The highest BCUT2D eigenvalue weighted by Crippen LogP contribution is 2.30. The molecule has 2 rings (SSSR count). The lowest BCUT2D eigenvalue weighted by Gasteiger charge is -2.23. The van der Waals surface area contributed by atoms with Gasteiger partial charge in [-0.1, -0.05) is 13.8 Å². The van der Waals surface area contributed by atoms with E-state index >= 15 is 0 Å². The van der Waals surface area contributed by atoms with Crippen molar-refractivity contribution in [3.8, 4) is 0 Å². The number of fused-ring (bicyclic) bond motifs is 1. The predicted octanol–water partition coefficient (Wildman–Crippen LogP) is 2.38. The molecule has 0 aromatic carbocycles. The van der Waals surface area contributed by atoms with Crippen LogP contribution in [-0.2, 0) is 12.8 Å². The van der Waals surface area contributed by atoms with Gasteiger partial charge in [0.05, 0.1) is 4.88 Å². The fourth-order valence-electron chi connectivity index (χ4n) is 2.24. The van der Waals surface area contributed by atoms with Gasteiger partial charge in [-0.25, -0.2) is 0 Å². The lowest BCUT2D eigenvalue weighted by atomic mass is 9.90. The normalized spacial score (nSPS) is 14.6. The molecule has 0 saturated carbocycles. The number of hydrogen-bond donors (Lipinski definition) is 2. The van der Waals surface area contributed by atoms with Gasteiger partial charge in [0.2, 0.25) is 0 Å². The number of carbonyl (C=O) groups excluding carboxylic acids is 1. The van der Waals surface area contributed by atoms with Gasteiger partial charge in [-0.2, -0.15) is 0 Å². The Balaban J connectivity index is 1.91. The van der Waals surface area contributed by atoms with Gasteiger partial charge in [0, 0.05) is 18.0 Å². The molecule has 4 heteroatoms. The minimum Gasteiger partial charge on any atom is -0.396 e. The van der Waals surface area contributed by atoms with E-state index in [1.807, 2.05) is 6.07 Å². The van der Waals surface area contributed by atoms with E-state index in [0.29, 0.717) is 13.0 Å². The molecule has 18 heavy (non-hydrogen) atoms. The first kappa shape index (κ1) is 13.6. The van der Waals surface area contributed by atoms with Crippen LogP contribution in [0.4, 0.5) is 0 Å². The molecule has 0 unspecified atom stereocenters. The Kier molecular flexibility index (Phi) is 4.07. The fourth-order valence-corrected chi connectivity index (χ4v) is 3.41. The average Bonchev–Trinajstić information content (AvgIpc) is 2.85. The number of carbonyl (C=O) groups is 1. The first-order valence-electron chi connectivity index (χ1n) is 6.52. The second kappa shape index (κ2) is 5.41. The largest absolute Gasteiger partial charge is 0.396 e. The fraction of sp³-hybridized carbons (Fsp3) is 0.643. The van der Waals surface area contributed by atoms with Crippen LogP contribution in [0.3, 0.4) is 0 Å². The number of aryl methyl sites for hydroxylation is 2. The van der Waals surface area contributed by atoms with E-state index in [4.69, 9.17) is 5.11 Å². The van der Waals surface area contributed by atoms with Crippen LogP contribution >= 0.6 is 11.3 Å². The van der Waals surface area contributed by atoms with Crippen molar-refractivity contribution in [1.29, 1.82) is 0 Å². The molecule has 0 fully saturated rings. The first-order valence-corrected chi connectivity index (χ1v) is 7.34. The van der Waals surface area contributed by atoms with Gasteiger partial charge in [0.25, 0.3) is 5.91 Å². The van der Waals surface area contributed by atoms with Crippen molar-refractivity contribution in [2.75, 3.05) is 13.2 Å². The van der Waals surface area contributed by atoms with Crippen molar-refractivity contribution in [3.63, 3.8) is 0 Å². The average molecular weight is 267 g/mol. The van der Waals surface area contributed by atoms with Crippen LogP contribution < -0.4 is 5.32 Å². The molecule has 1 aromatic heterocycles. The second-order valence-electron chi connectivity index (χ2n) is 5.73. The highest BCUT2D eigenvalue weighted by molar-refractivity contribution is 7.14. The van der Waals surface area contributed by atoms with Crippen LogP contribution in [0.1, 0.15) is 46.8 Å². The Morgan fingerprint density at radius 3 is 2.94 bits per heavy atom. The second-order valence-corrected chi connectivity index (χ2v) is 6.87. The number of amides is 1. The van der Waals surface area contributed by atoms with Crippen molar-refractivity contribution >= 4 is 17.2 Å². The molecule has 1 amide bonds. The standard InChI is InChI=1S/C14H21NO2S/c1-14(2,6-7-16)9-15-13(17)12-8-10-4-3-5-11(10)18-12/h8,16H,3-7,9H2,1-2H3,(H,15,17). The Morgan fingerprint density at radius 2 is 2.28 bits per heavy atom. The van der Waals surface area contributed by atoms with E-state index in [0.717, 1.165) is 17.7 Å². The minimum absolute atomic E-state index is 0.0282. The summed E-state index contributed by atoms with van der Waals surface area (Å²) in [6, 6.07) is 2.04. The third kappa shape index (κ3) is 3.12. The van der Waals surface area contributed by atoms with Gasteiger partial charge in [0.15, 0.2) is 0 Å². The van der Waals surface area contributed by atoms with Crippen LogP contribution in [0.2, 0.25) is 0 Å². The highest BCUT2D eigenvalue weighted by atomic mass is 32.1. The molecule has 1 aliphatic carbocycles. The topological polar surface area (TPSA) is 49.3 Å². The number of hydrogen-bond acceptors (Lipinski definition) is 3. The summed E-state index contributed by atoms with van der Waals surface area (Å²) in [5, 5.41) is 11.9. The van der Waals surface area contributed by atoms with Crippen molar-refractivity contribution in [2.45, 2.75) is 39.5 Å². The summed E-state index contributed by atoms with van der Waals surface area (Å²) in [5.41, 5.74) is 1.31. The molecule has 0 saturated heterocycles. The Bertz CT molecular complexity index is 416. The molecular formula is C14H21NO2S. The Morgan fingerprint density at radius 1 is 1.50 bits per heavy atom. The molecule has 2 N–H and O–H groups in total. The third-order valence-electron chi connectivity index (χ3n) is 3.49. The summed E-state index contributed by atoms with van der Waals surface area (Å²) in [5.74, 6) is 0.0282. The maximum Gasteiger partial charge on any atom is 0.261 e. The maximum absolute atomic E-state index is 12.0. The molecule has 0 bridgehead atoms. The van der Waals surface area contributed by atoms with Crippen molar-refractivity contribution in [3.05, 3.63) is 21.4 Å². The smallest absolute Gasteiger partial charge is 0.261 e. The summed E-state index contributed by atoms with van der Waals surface area (Å²) in [7, 11) is 0. The number of aliphatic hydroxyl groups excluding tert-OH is 1. The van der Waals surface area contributed by atoms with E-state index in [1.54, 1.807) is 11.3 Å². The molecule has 0 aliphatic heterocycles. The van der Waals surface area contributed by atoms with Gasteiger partial charge in [-0.3, -0.25) is 4.79 Å². The zero-order valence-electron chi connectivity index (χ0n) is 11.1. The van der Waals surface area contributed by atoms with Crippen LogP contribution in [0.25, 0.3) is 0 Å². The summed E-state index contributed by atoms with van der Waals surface area (Å²) < 4.78 is 0. The molecule has 100 valence electrons. The number of nitrogens with one attached hydrogen (secondary N) is 1. The first-order chi connectivity index (χ1) is 8.52. The van der Waals surface area contributed by atoms with Crippen LogP contribution in [0, 0.1) is 5.41 Å². The molecule has 1 heterocycles. The lowest BCUT2D eigenvalue weighted by molar-refractivity contribution is 0.0932. The van der Waals surface area contributed by atoms with Crippen molar-refractivity contribution < 1.29 is 9.90 Å². The van der Waals surface area contributed by atoms with Crippen LogP contribution in [0.15, 0.2) is 6.07 Å². The minimum atomic E-state index is -0.0512. The van der Waals surface area contributed by atoms with Crippen LogP contribution in [0.5, 0.6) is 0 Å². The molecule has 0 radical (unpaired) electrons.